The molecule has 116 valence electrons. The van der Waals surface area contributed by atoms with E-state index < -0.39 is 9.84 Å². The highest BCUT2D eigenvalue weighted by atomic mass is 32.2. The molecule has 1 amide bonds. The molecule has 2 rings (SSSR count). The second-order valence-corrected chi connectivity index (χ2v) is 7.15. The van der Waals surface area contributed by atoms with Gasteiger partial charge in [0.15, 0.2) is 9.84 Å². The van der Waals surface area contributed by atoms with Crippen molar-refractivity contribution in [3.8, 4) is 5.88 Å². The van der Waals surface area contributed by atoms with Gasteiger partial charge in [0, 0.05) is 37.3 Å². The second kappa shape index (κ2) is 6.86. The maximum atomic E-state index is 11.9. The lowest BCUT2D eigenvalue weighted by molar-refractivity contribution is -0.121. The number of nitrogens with zero attached hydrogens (tertiary/aromatic N) is 1. The summed E-state index contributed by atoms with van der Waals surface area (Å²) in [5, 5.41) is 5.80. The highest BCUT2D eigenvalue weighted by Crippen LogP contribution is 2.13. The minimum Gasteiger partial charge on any atom is -0.481 e. The van der Waals surface area contributed by atoms with Gasteiger partial charge < -0.3 is 15.4 Å². The third-order valence-corrected chi connectivity index (χ3v) is 4.99. The lowest BCUT2D eigenvalue weighted by atomic mass is 10.2. The van der Waals surface area contributed by atoms with Crippen LogP contribution in [-0.2, 0) is 21.2 Å². The number of ether oxygens (including phenoxy) is 1. The molecular formula is C13H19N3O4S. The van der Waals surface area contributed by atoms with Crippen LogP contribution in [0.4, 0.5) is 0 Å². The van der Waals surface area contributed by atoms with Gasteiger partial charge in [0.25, 0.3) is 0 Å². The van der Waals surface area contributed by atoms with Crippen LogP contribution >= 0.6 is 0 Å². The van der Waals surface area contributed by atoms with Crippen LogP contribution in [0.1, 0.15) is 12.0 Å². The molecule has 1 fully saturated rings. The fraction of sp³-hybridized carbons (Fsp3) is 0.538. The van der Waals surface area contributed by atoms with Crippen LogP contribution < -0.4 is 15.4 Å². The predicted octanol–water partition coefficient (Wildman–Crippen LogP) is -0.517. The topological polar surface area (TPSA) is 97.4 Å². The Morgan fingerprint density at radius 3 is 3.10 bits per heavy atom. The van der Waals surface area contributed by atoms with Crippen molar-refractivity contribution in [2.24, 2.45) is 0 Å². The molecule has 1 saturated heterocycles. The van der Waals surface area contributed by atoms with E-state index in [0.717, 1.165) is 5.56 Å². The minimum atomic E-state index is -3.03. The molecule has 1 aliphatic rings. The van der Waals surface area contributed by atoms with Crippen molar-refractivity contribution >= 4 is 15.7 Å². The molecule has 0 bridgehead atoms. The van der Waals surface area contributed by atoms with Gasteiger partial charge in [0.2, 0.25) is 11.8 Å². The van der Waals surface area contributed by atoms with Gasteiger partial charge in [-0.3, -0.25) is 4.79 Å². The molecule has 8 heteroatoms. The van der Waals surface area contributed by atoms with Crippen molar-refractivity contribution < 1.29 is 17.9 Å². The largest absolute Gasteiger partial charge is 0.481 e. The van der Waals surface area contributed by atoms with Gasteiger partial charge in [0.05, 0.1) is 18.6 Å². The lowest BCUT2D eigenvalue weighted by Gasteiger charge is -2.23. The predicted molar refractivity (Wildman–Crippen MR) is 77.7 cm³/mol. The first-order valence-electron chi connectivity index (χ1n) is 6.68. The summed E-state index contributed by atoms with van der Waals surface area (Å²) in [4.78, 5) is 15.9. The Hall–Kier alpha value is -1.67. The van der Waals surface area contributed by atoms with Gasteiger partial charge in [-0.05, 0) is 6.07 Å². The summed E-state index contributed by atoms with van der Waals surface area (Å²) in [5.41, 5.74) is 0.776. The van der Waals surface area contributed by atoms with Crippen molar-refractivity contribution in [2.45, 2.75) is 19.0 Å². The number of pyridine rings is 1. The summed E-state index contributed by atoms with van der Waals surface area (Å²) in [6.45, 7) is 0.700. The number of methoxy groups -OCH3 is 1. The third kappa shape index (κ3) is 4.68. The van der Waals surface area contributed by atoms with Crippen LogP contribution in [0.15, 0.2) is 18.3 Å². The average Bonchev–Trinajstić information content (AvgIpc) is 2.44. The molecule has 2 N–H and O–H groups in total. The van der Waals surface area contributed by atoms with E-state index in [1.807, 2.05) is 6.07 Å². The number of hydrogen-bond acceptors (Lipinski definition) is 6. The number of carbonyl (C=O) groups is 1. The molecular weight excluding hydrogens is 294 g/mol. The second-order valence-electron chi connectivity index (χ2n) is 4.92. The van der Waals surface area contributed by atoms with Gasteiger partial charge in [-0.1, -0.05) is 6.07 Å². The first-order chi connectivity index (χ1) is 10.00. The number of aromatic nitrogens is 1. The fourth-order valence-corrected chi connectivity index (χ4v) is 3.67. The van der Waals surface area contributed by atoms with Crippen molar-refractivity contribution in [2.75, 3.05) is 25.2 Å². The summed E-state index contributed by atoms with van der Waals surface area (Å²) in [6, 6.07) is 3.26. The molecule has 1 unspecified atom stereocenters. The number of nitrogens with one attached hydrogen (secondary N) is 2. The Kier molecular flexibility index (Phi) is 5.13. The normalized spacial score (nSPS) is 20.7. The Morgan fingerprint density at radius 2 is 2.38 bits per heavy atom. The molecule has 2 heterocycles. The summed E-state index contributed by atoms with van der Waals surface area (Å²) >= 11 is 0. The van der Waals surface area contributed by atoms with Gasteiger partial charge in [-0.15, -0.1) is 0 Å². The molecule has 0 saturated carbocycles. The van der Waals surface area contributed by atoms with E-state index in [9.17, 15) is 13.2 Å². The molecule has 1 aromatic rings. The average molecular weight is 313 g/mol. The van der Waals surface area contributed by atoms with E-state index in [1.165, 1.54) is 7.11 Å². The molecule has 0 spiro atoms. The zero-order chi connectivity index (χ0) is 15.3. The third-order valence-electron chi connectivity index (χ3n) is 3.25. The Bertz CT molecular complexity index is 603. The molecule has 21 heavy (non-hydrogen) atoms. The van der Waals surface area contributed by atoms with E-state index in [2.05, 4.69) is 15.6 Å². The monoisotopic (exact) mass is 313 g/mol. The maximum absolute atomic E-state index is 11.9. The zero-order valence-corrected chi connectivity index (χ0v) is 12.6. The van der Waals surface area contributed by atoms with E-state index in [0.29, 0.717) is 19.0 Å². The van der Waals surface area contributed by atoms with E-state index in [4.69, 9.17) is 4.74 Å². The maximum Gasteiger partial charge on any atom is 0.221 e. The van der Waals surface area contributed by atoms with Crippen LogP contribution in [0, 0.1) is 0 Å². The van der Waals surface area contributed by atoms with Crippen LogP contribution in [-0.4, -0.2) is 50.5 Å². The van der Waals surface area contributed by atoms with Crippen LogP contribution in [0.3, 0.4) is 0 Å². The van der Waals surface area contributed by atoms with E-state index >= 15 is 0 Å². The Balaban J connectivity index is 1.85. The summed E-state index contributed by atoms with van der Waals surface area (Å²) in [6.07, 6.45) is 1.75. The molecule has 0 radical (unpaired) electrons. The quantitative estimate of drug-likeness (QED) is 0.759. The number of sulfone groups is 1. The SMILES string of the molecule is COc1ncccc1CNC(=O)CC1CS(=O)(=O)CCN1. The lowest BCUT2D eigenvalue weighted by Crippen LogP contribution is -2.47. The molecule has 0 aliphatic carbocycles. The first kappa shape index (κ1) is 15.7. The number of rotatable bonds is 5. The molecule has 7 nitrogen and oxygen atoms in total. The van der Waals surface area contributed by atoms with Crippen molar-refractivity contribution in [3.63, 3.8) is 0 Å². The Morgan fingerprint density at radius 1 is 1.57 bits per heavy atom. The summed E-state index contributed by atoms with van der Waals surface area (Å²) in [7, 11) is -1.51. The summed E-state index contributed by atoms with van der Waals surface area (Å²) in [5.74, 6) is 0.418. The number of amides is 1. The molecule has 1 aliphatic heterocycles. The highest BCUT2D eigenvalue weighted by Gasteiger charge is 2.25. The van der Waals surface area contributed by atoms with Gasteiger partial charge >= 0.3 is 0 Å². The fourth-order valence-electron chi connectivity index (χ4n) is 2.23. The molecule has 1 atom stereocenters. The Labute approximate surface area is 124 Å². The highest BCUT2D eigenvalue weighted by molar-refractivity contribution is 7.91. The number of carbonyl (C=O) groups excluding carboxylic acids is 1. The van der Waals surface area contributed by atoms with Crippen molar-refractivity contribution in [3.05, 3.63) is 23.9 Å². The number of hydrogen-bond donors (Lipinski definition) is 2. The smallest absolute Gasteiger partial charge is 0.221 e. The van der Waals surface area contributed by atoms with Gasteiger partial charge in [0.1, 0.15) is 0 Å². The van der Waals surface area contributed by atoms with Crippen LogP contribution in [0.25, 0.3) is 0 Å². The standard InChI is InChI=1S/C13H19N3O4S/c1-20-13-10(3-2-4-15-13)8-16-12(17)7-11-9-21(18,19)6-5-14-11/h2-4,11,14H,5-9H2,1H3,(H,16,17). The first-order valence-corrected chi connectivity index (χ1v) is 8.51. The van der Waals surface area contributed by atoms with Crippen molar-refractivity contribution in [1.82, 2.24) is 15.6 Å². The van der Waals surface area contributed by atoms with Crippen LogP contribution in [0.2, 0.25) is 0 Å². The van der Waals surface area contributed by atoms with Gasteiger partial charge in [-0.25, -0.2) is 13.4 Å². The summed E-state index contributed by atoms with van der Waals surface area (Å²) < 4.78 is 28.1. The van der Waals surface area contributed by atoms with Gasteiger partial charge in [-0.2, -0.15) is 0 Å². The van der Waals surface area contributed by atoms with E-state index in [-0.39, 0.29) is 29.9 Å². The molecule has 1 aromatic heterocycles. The zero-order valence-electron chi connectivity index (χ0n) is 11.8. The van der Waals surface area contributed by atoms with E-state index in [1.54, 1.807) is 12.3 Å². The van der Waals surface area contributed by atoms with Crippen molar-refractivity contribution in [1.29, 1.82) is 0 Å². The van der Waals surface area contributed by atoms with Crippen LogP contribution in [0.5, 0.6) is 5.88 Å². The minimum absolute atomic E-state index is 0.0105. The molecule has 0 aromatic carbocycles.